The summed E-state index contributed by atoms with van der Waals surface area (Å²) in [6, 6.07) is 0.211. The average Bonchev–Trinajstić information content (AvgIpc) is 2.99. The Bertz CT molecular complexity index is 918. The number of rotatable bonds is 5. The van der Waals surface area contributed by atoms with Crippen molar-refractivity contribution in [1.82, 2.24) is 19.8 Å². The van der Waals surface area contributed by atoms with Crippen LogP contribution in [0.2, 0.25) is 0 Å². The molecule has 1 saturated heterocycles. The van der Waals surface area contributed by atoms with E-state index in [2.05, 4.69) is 17.2 Å². The normalized spacial score (nSPS) is 17.3. The predicted octanol–water partition coefficient (Wildman–Crippen LogP) is 2.31. The Kier molecular flexibility index (Phi) is 5.94. The summed E-state index contributed by atoms with van der Waals surface area (Å²) in [5.74, 6) is -0.235. The van der Waals surface area contributed by atoms with Gasteiger partial charge in [-0.05, 0) is 45.1 Å². The molecule has 0 bridgehead atoms. The number of amides is 2. The quantitative estimate of drug-likeness (QED) is 0.849. The molecule has 8 heteroatoms. The number of carbonyl (C=O) groups excluding carboxylic acids is 2. The fourth-order valence-corrected chi connectivity index (χ4v) is 4.58. The maximum absolute atomic E-state index is 13.0. The van der Waals surface area contributed by atoms with Gasteiger partial charge in [0.25, 0.3) is 11.5 Å². The molecule has 2 amide bonds. The van der Waals surface area contributed by atoms with Crippen LogP contribution < -0.4 is 10.9 Å². The molecule has 146 valence electrons. The lowest BCUT2D eigenvalue weighted by Gasteiger charge is -2.33. The number of piperidine rings is 1. The number of likely N-dealkylation sites (tertiary alicyclic amines) is 1. The molecule has 0 aliphatic carbocycles. The first-order chi connectivity index (χ1) is 12.9. The second-order valence-corrected chi connectivity index (χ2v) is 8.11. The number of nitrogens with one attached hydrogen (secondary N) is 1. The SMILES string of the molecule is CCCNC(=O)Cn1cnc2sc(C(=O)N3CCCCC3C)c(C)c2c1=O. The number of hydrogen-bond donors (Lipinski definition) is 1. The average molecular weight is 391 g/mol. The number of thiophene rings is 1. The highest BCUT2D eigenvalue weighted by Crippen LogP contribution is 2.30. The van der Waals surface area contributed by atoms with Crippen LogP contribution in [0.3, 0.4) is 0 Å². The van der Waals surface area contributed by atoms with Gasteiger partial charge >= 0.3 is 0 Å². The van der Waals surface area contributed by atoms with Crippen molar-refractivity contribution in [3.05, 3.63) is 27.1 Å². The summed E-state index contributed by atoms with van der Waals surface area (Å²) in [4.78, 5) is 45.2. The zero-order valence-electron chi connectivity index (χ0n) is 16.1. The second kappa shape index (κ2) is 8.21. The molecule has 1 aliphatic heterocycles. The number of fused-ring (bicyclic) bond motifs is 1. The van der Waals surface area contributed by atoms with Crippen LogP contribution in [0.5, 0.6) is 0 Å². The first kappa shape index (κ1) is 19.5. The van der Waals surface area contributed by atoms with Crippen LogP contribution in [-0.4, -0.2) is 45.4 Å². The Morgan fingerprint density at radius 2 is 2.15 bits per heavy atom. The van der Waals surface area contributed by atoms with Crippen molar-refractivity contribution < 1.29 is 9.59 Å². The summed E-state index contributed by atoms with van der Waals surface area (Å²) in [6.07, 6.45) is 5.39. The molecule has 3 heterocycles. The molecule has 1 unspecified atom stereocenters. The molecule has 0 radical (unpaired) electrons. The Morgan fingerprint density at radius 3 is 2.85 bits per heavy atom. The van der Waals surface area contributed by atoms with Crippen molar-refractivity contribution in [3.63, 3.8) is 0 Å². The maximum Gasteiger partial charge on any atom is 0.264 e. The van der Waals surface area contributed by atoms with Crippen molar-refractivity contribution in [3.8, 4) is 0 Å². The minimum absolute atomic E-state index is 0.0191. The van der Waals surface area contributed by atoms with E-state index in [0.29, 0.717) is 27.2 Å². The van der Waals surface area contributed by atoms with E-state index < -0.39 is 0 Å². The highest BCUT2D eigenvalue weighted by atomic mass is 32.1. The molecule has 1 fully saturated rings. The largest absolute Gasteiger partial charge is 0.355 e. The van der Waals surface area contributed by atoms with Gasteiger partial charge in [-0.2, -0.15) is 0 Å². The zero-order valence-corrected chi connectivity index (χ0v) is 16.9. The molecule has 7 nitrogen and oxygen atoms in total. The third kappa shape index (κ3) is 3.90. The third-order valence-electron chi connectivity index (χ3n) is 5.06. The van der Waals surface area contributed by atoms with Gasteiger partial charge in [-0.3, -0.25) is 19.0 Å². The summed E-state index contributed by atoms with van der Waals surface area (Å²) >= 11 is 1.27. The van der Waals surface area contributed by atoms with Crippen molar-refractivity contribution in [1.29, 1.82) is 0 Å². The second-order valence-electron chi connectivity index (χ2n) is 7.11. The fraction of sp³-hybridized carbons (Fsp3) is 0.579. The first-order valence-electron chi connectivity index (χ1n) is 9.50. The Hall–Kier alpha value is -2.22. The smallest absolute Gasteiger partial charge is 0.264 e. The van der Waals surface area contributed by atoms with E-state index in [4.69, 9.17) is 0 Å². The van der Waals surface area contributed by atoms with Crippen molar-refractivity contribution in [2.45, 2.75) is 59.0 Å². The van der Waals surface area contributed by atoms with Gasteiger partial charge in [0.15, 0.2) is 0 Å². The fourth-order valence-electron chi connectivity index (χ4n) is 3.48. The molecule has 0 aromatic carbocycles. The monoisotopic (exact) mass is 390 g/mol. The van der Waals surface area contributed by atoms with Gasteiger partial charge in [0.1, 0.15) is 11.4 Å². The van der Waals surface area contributed by atoms with Crippen molar-refractivity contribution >= 4 is 33.4 Å². The number of nitrogens with zero attached hydrogens (tertiary/aromatic N) is 3. The molecular formula is C19H26N4O3S. The van der Waals surface area contributed by atoms with Crippen LogP contribution in [0.1, 0.15) is 54.8 Å². The molecule has 27 heavy (non-hydrogen) atoms. The molecule has 2 aromatic heterocycles. The van der Waals surface area contributed by atoms with E-state index in [1.165, 1.54) is 22.2 Å². The summed E-state index contributed by atoms with van der Waals surface area (Å²) in [5, 5.41) is 3.20. The van der Waals surface area contributed by atoms with E-state index in [1.807, 2.05) is 11.8 Å². The minimum Gasteiger partial charge on any atom is -0.355 e. The summed E-state index contributed by atoms with van der Waals surface area (Å²) < 4.78 is 1.31. The van der Waals surface area contributed by atoms with E-state index in [-0.39, 0.29) is 30.0 Å². The Labute approximate surface area is 162 Å². The Morgan fingerprint density at radius 1 is 1.37 bits per heavy atom. The maximum atomic E-state index is 13.0. The summed E-state index contributed by atoms with van der Waals surface area (Å²) in [5.41, 5.74) is 0.393. The molecule has 3 rings (SSSR count). The molecule has 0 spiro atoms. The standard InChI is InChI=1S/C19H26N4O3S/c1-4-8-20-14(24)10-22-11-21-17-15(18(22)25)13(3)16(27-17)19(26)23-9-6-5-7-12(23)2/h11-12H,4-10H2,1-3H3,(H,20,24). The highest BCUT2D eigenvalue weighted by molar-refractivity contribution is 7.20. The van der Waals surface area contributed by atoms with Gasteiger partial charge in [-0.1, -0.05) is 6.92 Å². The van der Waals surface area contributed by atoms with Gasteiger partial charge in [-0.25, -0.2) is 4.98 Å². The topological polar surface area (TPSA) is 84.3 Å². The molecule has 0 saturated carbocycles. The van der Waals surface area contributed by atoms with Crippen LogP contribution in [0.4, 0.5) is 0 Å². The lowest BCUT2D eigenvalue weighted by atomic mass is 10.0. The van der Waals surface area contributed by atoms with E-state index in [1.54, 1.807) is 6.92 Å². The van der Waals surface area contributed by atoms with Crippen molar-refractivity contribution in [2.24, 2.45) is 0 Å². The Balaban J connectivity index is 1.93. The zero-order chi connectivity index (χ0) is 19.6. The van der Waals surface area contributed by atoms with E-state index >= 15 is 0 Å². The van der Waals surface area contributed by atoms with Gasteiger partial charge < -0.3 is 10.2 Å². The van der Waals surface area contributed by atoms with Crippen LogP contribution in [0.15, 0.2) is 11.1 Å². The van der Waals surface area contributed by atoms with Gasteiger partial charge in [-0.15, -0.1) is 11.3 Å². The highest BCUT2D eigenvalue weighted by Gasteiger charge is 2.28. The predicted molar refractivity (Wildman–Crippen MR) is 106 cm³/mol. The van der Waals surface area contributed by atoms with Crippen LogP contribution in [0.25, 0.3) is 10.2 Å². The third-order valence-corrected chi connectivity index (χ3v) is 6.25. The lowest BCUT2D eigenvalue weighted by molar-refractivity contribution is -0.121. The lowest BCUT2D eigenvalue weighted by Crippen LogP contribution is -2.41. The van der Waals surface area contributed by atoms with Gasteiger partial charge in [0.05, 0.1) is 16.6 Å². The van der Waals surface area contributed by atoms with Crippen molar-refractivity contribution in [2.75, 3.05) is 13.1 Å². The number of aromatic nitrogens is 2. The minimum atomic E-state index is -0.272. The van der Waals surface area contributed by atoms with E-state index in [0.717, 1.165) is 32.2 Å². The summed E-state index contributed by atoms with van der Waals surface area (Å²) in [7, 11) is 0. The number of carbonyl (C=O) groups is 2. The van der Waals surface area contributed by atoms with Gasteiger partial charge in [0.2, 0.25) is 5.91 Å². The molecule has 2 aromatic rings. The molecule has 1 N–H and O–H groups in total. The summed E-state index contributed by atoms with van der Waals surface area (Å²) in [6.45, 7) is 7.10. The number of hydrogen-bond acceptors (Lipinski definition) is 5. The van der Waals surface area contributed by atoms with E-state index in [9.17, 15) is 14.4 Å². The molecule has 1 aliphatic rings. The van der Waals surface area contributed by atoms with Crippen LogP contribution in [0, 0.1) is 6.92 Å². The van der Waals surface area contributed by atoms with Gasteiger partial charge in [0, 0.05) is 19.1 Å². The molecule has 1 atom stereocenters. The van der Waals surface area contributed by atoms with Crippen LogP contribution in [-0.2, 0) is 11.3 Å². The molecular weight excluding hydrogens is 364 g/mol. The first-order valence-corrected chi connectivity index (χ1v) is 10.3. The number of aryl methyl sites for hydroxylation is 1. The van der Waals surface area contributed by atoms with Crippen LogP contribution >= 0.6 is 11.3 Å².